The normalized spacial score (nSPS) is 11.0. The fraction of sp³-hybridized carbons (Fsp3) is 0.111. The summed E-state index contributed by atoms with van der Waals surface area (Å²) >= 11 is 0. The fourth-order valence-electron chi connectivity index (χ4n) is 2.43. The number of amides is 1. The molecule has 0 radical (unpaired) electrons. The molecule has 1 heterocycles. The highest BCUT2D eigenvalue weighted by atomic mass is 32.2. The van der Waals surface area contributed by atoms with Crippen LogP contribution in [0.4, 0.5) is 11.4 Å². The number of sulfonamides is 1. The molecule has 0 saturated heterocycles. The van der Waals surface area contributed by atoms with Gasteiger partial charge in [-0.2, -0.15) is 13.5 Å². The number of carbonyl (C=O) groups excluding carboxylic acids is 1. The fourth-order valence-corrected chi connectivity index (χ4v) is 3.58. The predicted octanol–water partition coefficient (Wildman–Crippen LogP) is 2.78. The average Bonchev–Trinajstić information content (AvgIpc) is 3.13. The van der Waals surface area contributed by atoms with Crippen molar-refractivity contribution in [3.05, 3.63) is 65.9 Å². The number of aromatic nitrogens is 2. The standard InChI is InChI=1S/C18H18N4O4S/c1-12-4-3-5-14(10-12)20-17(23)16-11-19-21-18(16)27(24,25)22-13-6-8-15(26-2)9-7-13/h3-11,22H,1-2H3,(H,19,21)(H,20,23). The monoisotopic (exact) mass is 386 g/mol. The highest BCUT2D eigenvalue weighted by molar-refractivity contribution is 7.92. The topological polar surface area (TPSA) is 113 Å². The molecule has 2 aromatic carbocycles. The minimum atomic E-state index is -4.04. The molecule has 1 aromatic heterocycles. The van der Waals surface area contributed by atoms with E-state index in [1.165, 1.54) is 13.3 Å². The number of nitrogens with one attached hydrogen (secondary N) is 3. The summed E-state index contributed by atoms with van der Waals surface area (Å²) in [5, 5.41) is 8.45. The molecule has 0 saturated carbocycles. The molecule has 0 aliphatic rings. The van der Waals surface area contributed by atoms with E-state index in [1.54, 1.807) is 42.5 Å². The molecule has 0 aliphatic heterocycles. The second kappa shape index (κ2) is 7.50. The highest BCUT2D eigenvalue weighted by Gasteiger charge is 2.25. The van der Waals surface area contributed by atoms with Crippen molar-refractivity contribution >= 4 is 27.3 Å². The summed E-state index contributed by atoms with van der Waals surface area (Å²) in [5.41, 5.74) is 1.77. The Morgan fingerprint density at radius 2 is 1.85 bits per heavy atom. The third kappa shape index (κ3) is 4.26. The number of carbonyl (C=O) groups is 1. The molecule has 0 unspecified atom stereocenters. The number of rotatable bonds is 6. The van der Waals surface area contributed by atoms with Crippen molar-refractivity contribution in [2.45, 2.75) is 11.9 Å². The van der Waals surface area contributed by atoms with E-state index in [0.29, 0.717) is 17.1 Å². The maximum Gasteiger partial charge on any atom is 0.279 e. The van der Waals surface area contributed by atoms with Gasteiger partial charge in [-0.15, -0.1) is 0 Å². The predicted molar refractivity (Wildman–Crippen MR) is 102 cm³/mol. The number of ether oxygens (including phenoxy) is 1. The lowest BCUT2D eigenvalue weighted by Gasteiger charge is -2.09. The van der Waals surface area contributed by atoms with Crippen LogP contribution in [-0.4, -0.2) is 31.6 Å². The molecule has 0 bridgehead atoms. The van der Waals surface area contributed by atoms with Gasteiger partial charge in [-0.05, 0) is 48.9 Å². The van der Waals surface area contributed by atoms with Gasteiger partial charge in [0.2, 0.25) is 0 Å². The summed E-state index contributed by atoms with van der Waals surface area (Å²) in [4.78, 5) is 12.5. The molecule has 27 heavy (non-hydrogen) atoms. The van der Waals surface area contributed by atoms with E-state index in [4.69, 9.17) is 4.74 Å². The Balaban J connectivity index is 1.82. The number of hydrogen-bond acceptors (Lipinski definition) is 5. The molecule has 140 valence electrons. The van der Waals surface area contributed by atoms with Crippen molar-refractivity contribution < 1.29 is 17.9 Å². The van der Waals surface area contributed by atoms with E-state index in [0.717, 1.165) is 5.56 Å². The van der Waals surface area contributed by atoms with Crippen LogP contribution in [0.3, 0.4) is 0 Å². The molecule has 0 aliphatic carbocycles. The molecule has 0 atom stereocenters. The van der Waals surface area contributed by atoms with Gasteiger partial charge in [0.1, 0.15) is 5.75 Å². The zero-order chi connectivity index (χ0) is 19.4. The Labute approximate surface area is 156 Å². The Hall–Kier alpha value is -3.33. The van der Waals surface area contributed by atoms with Gasteiger partial charge in [0.15, 0.2) is 5.03 Å². The Morgan fingerprint density at radius 1 is 1.11 bits per heavy atom. The molecule has 0 spiro atoms. The van der Waals surface area contributed by atoms with E-state index < -0.39 is 15.9 Å². The van der Waals surface area contributed by atoms with E-state index in [1.807, 2.05) is 13.0 Å². The zero-order valence-corrected chi connectivity index (χ0v) is 15.5. The minimum Gasteiger partial charge on any atom is -0.497 e. The molecule has 3 N–H and O–H groups in total. The van der Waals surface area contributed by atoms with Crippen LogP contribution in [0.5, 0.6) is 5.75 Å². The number of aryl methyl sites for hydroxylation is 1. The van der Waals surface area contributed by atoms with Gasteiger partial charge in [-0.25, -0.2) is 0 Å². The first-order chi connectivity index (χ1) is 12.9. The summed E-state index contributed by atoms with van der Waals surface area (Å²) in [6.45, 7) is 1.89. The number of benzene rings is 2. The summed E-state index contributed by atoms with van der Waals surface area (Å²) in [6, 6.07) is 13.5. The van der Waals surface area contributed by atoms with Crippen LogP contribution in [-0.2, 0) is 10.0 Å². The molecule has 8 nitrogen and oxygen atoms in total. The molecule has 1 amide bonds. The van der Waals surface area contributed by atoms with Crippen molar-refractivity contribution in [3.8, 4) is 5.75 Å². The van der Waals surface area contributed by atoms with Crippen LogP contribution in [0.2, 0.25) is 0 Å². The number of aromatic amines is 1. The van der Waals surface area contributed by atoms with Crippen LogP contribution in [0.1, 0.15) is 15.9 Å². The van der Waals surface area contributed by atoms with E-state index >= 15 is 0 Å². The van der Waals surface area contributed by atoms with Gasteiger partial charge in [-0.3, -0.25) is 14.6 Å². The third-order valence-electron chi connectivity index (χ3n) is 3.74. The lowest BCUT2D eigenvalue weighted by Crippen LogP contribution is -2.19. The molecule has 3 rings (SSSR count). The Kier molecular flexibility index (Phi) is 5.13. The molecule has 3 aromatic rings. The highest BCUT2D eigenvalue weighted by Crippen LogP contribution is 2.21. The van der Waals surface area contributed by atoms with E-state index in [-0.39, 0.29) is 10.6 Å². The quantitative estimate of drug-likeness (QED) is 0.603. The maximum absolute atomic E-state index is 12.7. The number of nitrogens with zero attached hydrogens (tertiary/aromatic N) is 1. The largest absolute Gasteiger partial charge is 0.497 e. The molecular weight excluding hydrogens is 368 g/mol. The van der Waals surface area contributed by atoms with Crippen molar-refractivity contribution in [2.75, 3.05) is 17.1 Å². The lowest BCUT2D eigenvalue weighted by molar-refractivity contribution is 0.102. The Bertz CT molecular complexity index is 1060. The first-order valence-corrected chi connectivity index (χ1v) is 9.45. The molecule has 9 heteroatoms. The van der Waals surface area contributed by atoms with Crippen LogP contribution in [0.15, 0.2) is 59.8 Å². The molecule has 0 fully saturated rings. The van der Waals surface area contributed by atoms with Crippen molar-refractivity contribution in [1.82, 2.24) is 10.2 Å². The second-order valence-corrected chi connectivity index (χ2v) is 7.39. The van der Waals surface area contributed by atoms with Gasteiger partial charge in [0.05, 0.1) is 18.9 Å². The third-order valence-corrected chi connectivity index (χ3v) is 5.09. The SMILES string of the molecule is COc1ccc(NS(=O)(=O)c2[nH]ncc2C(=O)Nc2cccc(C)c2)cc1. The number of H-pyrrole nitrogens is 1. The summed E-state index contributed by atoms with van der Waals surface area (Å²) < 4.78 is 32.8. The van der Waals surface area contributed by atoms with Crippen LogP contribution in [0, 0.1) is 6.92 Å². The van der Waals surface area contributed by atoms with Gasteiger partial charge in [-0.1, -0.05) is 12.1 Å². The van der Waals surface area contributed by atoms with Gasteiger partial charge >= 0.3 is 0 Å². The summed E-state index contributed by atoms with van der Waals surface area (Å²) in [5.74, 6) is 0.0159. The van der Waals surface area contributed by atoms with E-state index in [2.05, 4.69) is 20.2 Å². The summed E-state index contributed by atoms with van der Waals surface area (Å²) in [6.07, 6.45) is 1.17. The maximum atomic E-state index is 12.7. The van der Waals surface area contributed by atoms with Crippen LogP contribution < -0.4 is 14.8 Å². The zero-order valence-electron chi connectivity index (χ0n) is 14.7. The number of anilines is 2. The van der Waals surface area contributed by atoms with Crippen LogP contribution in [0.25, 0.3) is 0 Å². The van der Waals surface area contributed by atoms with E-state index in [9.17, 15) is 13.2 Å². The van der Waals surface area contributed by atoms with Gasteiger partial charge in [0.25, 0.3) is 15.9 Å². The summed E-state index contributed by atoms with van der Waals surface area (Å²) in [7, 11) is -2.52. The number of hydrogen-bond donors (Lipinski definition) is 3. The lowest BCUT2D eigenvalue weighted by atomic mass is 10.2. The van der Waals surface area contributed by atoms with Gasteiger partial charge < -0.3 is 10.1 Å². The van der Waals surface area contributed by atoms with Crippen molar-refractivity contribution in [3.63, 3.8) is 0 Å². The minimum absolute atomic E-state index is 0.0856. The first kappa shape index (κ1) is 18.5. The van der Waals surface area contributed by atoms with Gasteiger partial charge in [0, 0.05) is 11.4 Å². The Morgan fingerprint density at radius 3 is 2.52 bits per heavy atom. The van der Waals surface area contributed by atoms with Crippen molar-refractivity contribution in [1.29, 1.82) is 0 Å². The second-order valence-electron chi connectivity index (χ2n) is 5.77. The average molecular weight is 386 g/mol. The van der Waals surface area contributed by atoms with Crippen LogP contribution >= 0.6 is 0 Å². The smallest absolute Gasteiger partial charge is 0.279 e. The molecular formula is C18H18N4O4S. The number of methoxy groups -OCH3 is 1. The first-order valence-electron chi connectivity index (χ1n) is 7.97. The van der Waals surface area contributed by atoms with Crippen molar-refractivity contribution in [2.24, 2.45) is 0 Å².